The van der Waals surface area contributed by atoms with Gasteiger partial charge in [0, 0.05) is 5.56 Å². The summed E-state index contributed by atoms with van der Waals surface area (Å²) in [5.74, 6) is 4.54. The molecule has 0 saturated carbocycles. The molecule has 1 atom stereocenters. The predicted molar refractivity (Wildman–Crippen MR) is 134 cm³/mol. The van der Waals surface area contributed by atoms with E-state index in [2.05, 4.69) is 12.8 Å². The molecule has 2 aromatic rings. The third-order valence-corrected chi connectivity index (χ3v) is 5.32. The van der Waals surface area contributed by atoms with Gasteiger partial charge in [-0.1, -0.05) is 19.9 Å². The molecular formula is C27H36O8. The largest absolute Gasteiger partial charge is 0.493 e. The van der Waals surface area contributed by atoms with E-state index >= 15 is 0 Å². The highest BCUT2D eigenvalue weighted by Crippen LogP contribution is 2.47. The number of fused-ring (bicyclic) bond motifs is 2. The molecule has 4 rings (SSSR count). The maximum atomic E-state index is 10.3. The van der Waals surface area contributed by atoms with E-state index in [4.69, 9.17) is 33.2 Å². The lowest BCUT2D eigenvalue weighted by molar-refractivity contribution is -0.130. The number of para-hydroxylation sites is 1. The van der Waals surface area contributed by atoms with Gasteiger partial charge in [-0.25, -0.2) is 0 Å². The molecule has 0 unspecified atom stereocenters. The van der Waals surface area contributed by atoms with Crippen LogP contribution in [0.1, 0.15) is 31.4 Å². The molecule has 0 amide bonds. The summed E-state index contributed by atoms with van der Waals surface area (Å²) in [6.45, 7) is 5.21. The van der Waals surface area contributed by atoms with Gasteiger partial charge in [0.2, 0.25) is 18.3 Å². The van der Waals surface area contributed by atoms with E-state index in [1.807, 2.05) is 38.1 Å². The number of rotatable bonds is 7. The molecule has 2 aromatic carbocycles. The van der Waals surface area contributed by atoms with Gasteiger partial charge < -0.3 is 33.2 Å². The van der Waals surface area contributed by atoms with Crippen molar-refractivity contribution in [2.45, 2.75) is 33.1 Å². The standard InChI is InChI=1S/C14H16O5.C9H12O3.C2H6.C2H2/c1-16-13-11-4-9(6-17-7-15)2-3-10(11)5-12-14(13)19-8-18-12;1-10-7-5-4-6-8(11-2)9(7)12-3;2*1-2/h5,7,9H,2-4,6,8H2,1H3;4-6H,1-3H3;1-2H3;1-2H/t9-;;;/m0.../s1. The van der Waals surface area contributed by atoms with Crippen LogP contribution in [0.25, 0.3) is 0 Å². The minimum absolute atomic E-state index is 0.242. The zero-order valence-corrected chi connectivity index (χ0v) is 21.4. The SMILES string of the molecule is C#C.CC.COc1c2c(cc3c1OCO3)CC[C@H](COC=O)C2.COc1cccc(OC)c1OC. The molecule has 0 saturated heterocycles. The average molecular weight is 489 g/mol. The molecule has 0 aromatic heterocycles. The molecule has 192 valence electrons. The summed E-state index contributed by atoms with van der Waals surface area (Å²) in [5.41, 5.74) is 2.39. The number of hydrogen-bond donors (Lipinski definition) is 0. The van der Waals surface area contributed by atoms with Gasteiger partial charge in [0.05, 0.1) is 35.0 Å². The van der Waals surface area contributed by atoms with Crippen molar-refractivity contribution in [2.24, 2.45) is 5.92 Å². The third kappa shape index (κ3) is 7.38. The van der Waals surface area contributed by atoms with Gasteiger partial charge in [-0.05, 0) is 48.9 Å². The fourth-order valence-corrected chi connectivity index (χ4v) is 3.85. The van der Waals surface area contributed by atoms with E-state index in [0.29, 0.717) is 42.0 Å². The van der Waals surface area contributed by atoms with Crippen molar-refractivity contribution in [1.82, 2.24) is 0 Å². The second kappa shape index (κ2) is 16.0. The van der Waals surface area contributed by atoms with Crippen LogP contribution >= 0.6 is 0 Å². The lowest BCUT2D eigenvalue weighted by Crippen LogP contribution is -2.19. The van der Waals surface area contributed by atoms with E-state index < -0.39 is 0 Å². The van der Waals surface area contributed by atoms with Crippen LogP contribution in [0.5, 0.6) is 34.5 Å². The summed E-state index contributed by atoms with van der Waals surface area (Å²) in [7, 11) is 6.41. The lowest BCUT2D eigenvalue weighted by Gasteiger charge is -2.26. The summed E-state index contributed by atoms with van der Waals surface area (Å²) in [6, 6.07) is 7.53. The highest BCUT2D eigenvalue weighted by molar-refractivity contribution is 5.61. The normalized spacial score (nSPS) is 14.1. The zero-order valence-electron chi connectivity index (χ0n) is 21.4. The van der Waals surface area contributed by atoms with Crippen LogP contribution in [0.15, 0.2) is 24.3 Å². The van der Waals surface area contributed by atoms with Crippen molar-refractivity contribution in [2.75, 3.05) is 41.8 Å². The first-order valence-corrected chi connectivity index (χ1v) is 11.3. The molecule has 0 spiro atoms. The number of hydrogen-bond acceptors (Lipinski definition) is 8. The Morgan fingerprint density at radius 2 is 1.60 bits per heavy atom. The van der Waals surface area contributed by atoms with Gasteiger partial charge in [-0.2, -0.15) is 0 Å². The molecule has 0 bridgehead atoms. The first-order valence-electron chi connectivity index (χ1n) is 11.3. The van der Waals surface area contributed by atoms with Crippen molar-refractivity contribution in [1.29, 1.82) is 0 Å². The van der Waals surface area contributed by atoms with Gasteiger partial charge in [-0.3, -0.25) is 4.79 Å². The number of methoxy groups -OCH3 is 4. The molecule has 0 fully saturated rings. The monoisotopic (exact) mass is 488 g/mol. The Hall–Kier alpha value is -3.73. The van der Waals surface area contributed by atoms with Crippen LogP contribution in [-0.4, -0.2) is 48.3 Å². The Morgan fingerprint density at radius 3 is 2.14 bits per heavy atom. The Labute approximate surface area is 208 Å². The number of carbonyl (C=O) groups is 1. The number of aryl methyl sites for hydroxylation is 1. The van der Waals surface area contributed by atoms with Gasteiger partial charge in [0.1, 0.15) is 0 Å². The highest BCUT2D eigenvalue weighted by atomic mass is 16.7. The van der Waals surface area contributed by atoms with Gasteiger partial charge in [0.25, 0.3) is 6.47 Å². The van der Waals surface area contributed by atoms with Crippen molar-refractivity contribution in [3.63, 3.8) is 0 Å². The first-order chi connectivity index (χ1) is 17.2. The van der Waals surface area contributed by atoms with E-state index in [1.165, 1.54) is 5.56 Å². The summed E-state index contributed by atoms with van der Waals surface area (Å²) >= 11 is 0. The Kier molecular flexibility index (Phi) is 13.4. The molecule has 0 N–H and O–H groups in total. The molecule has 35 heavy (non-hydrogen) atoms. The number of benzene rings is 2. The molecule has 0 radical (unpaired) electrons. The third-order valence-electron chi connectivity index (χ3n) is 5.32. The highest BCUT2D eigenvalue weighted by Gasteiger charge is 2.29. The van der Waals surface area contributed by atoms with E-state index in [-0.39, 0.29) is 6.79 Å². The summed E-state index contributed by atoms with van der Waals surface area (Å²) in [5, 5.41) is 0. The minimum atomic E-state index is 0.242. The van der Waals surface area contributed by atoms with Crippen LogP contribution in [0, 0.1) is 18.8 Å². The first kappa shape index (κ1) is 29.3. The van der Waals surface area contributed by atoms with Crippen LogP contribution in [0.4, 0.5) is 0 Å². The van der Waals surface area contributed by atoms with Crippen molar-refractivity contribution >= 4 is 6.47 Å². The fourth-order valence-electron chi connectivity index (χ4n) is 3.85. The summed E-state index contributed by atoms with van der Waals surface area (Å²) in [4.78, 5) is 10.3. The fraction of sp³-hybridized carbons (Fsp3) is 0.444. The molecular weight excluding hydrogens is 452 g/mol. The number of terminal acetylenes is 1. The van der Waals surface area contributed by atoms with Crippen molar-refractivity contribution in [3.8, 4) is 47.3 Å². The van der Waals surface area contributed by atoms with Crippen LogP contribution < -0.4 is 28.4 Å². The van der Waals surface area contributed by atoms with E-state index in [0.717, 1.165) is 36.3 Å². The Bertz CT molecular complexity index is 916. The van der Waals surface area contributed by atoms with E-state index in [1.54, 1.807) is 28.4 Å². The second-order valence-corrected chi connectivity index (χ2v) is 7.02. The Balaban J connectivity index is 0.000000332. The van der Waals surface area contributed by atoms with Crippen LogP contribution in [0.2, 0.25) is 0 Å². The van der Waals surface area contributed by atoms with Crippen molar-refractivity contribution in [3.05, 3.63) is 35.4 Å². The van der Waals surface area contributed by atoms with Gasteiger partial charge in [0.15, 0.2) is 23.0 Å². The van der Waals surface area contributed by atoms with Crippen LogP contribution in [-0.2, 0) is 22.4 Å². The number of carbonyl (C=O) groups excluding carboxylic acids is 1. The van der Waals surface area contributed by atoms with Gasteiger partial charge in [-0.15, -0.1) is 12.8 Å². The minimum Gasteiger partial charge on any atom is -0.493 e. The maximum Gasteiger partial charge on any atom is 0.293 e. The maximum absolute atomic E-state index is 10.3. The predicted octanol–water partition coefficient (Wildman–Crippen LogP) is 4.69. The second-order valence-electron chi connectivity index (χ2n) is 7.02. The molecule has 1 heterocycles. The lowest BCUT2D eigenvalue weighted by atomic mass is 9.83. The quantitative estimate of drug-likeness (QED) is 0.410. The molecule has 1 aliphatic heterocycles. The number of ether oxygens (including phenoxy) is 7. The Morgan fingerprint density at radius 1 is 0.971 bits per heavy atom. The van der Waals surface area contributed by atoms with Crippen LogP contribution in [0.3, 0.4) is 0 Å². The van der Waals surface area contributed by atoms with Gasteiger partial charge >= 0.3 is 0 Å². The van der Waals surface area contributed by atoms with Crippen molar-refractivity contribution < 1.29 is 38.0 Å². The molecule has 8 heteroatoms. The molecule has 8 nitrogen and oxygen atoms in total. The molecule has 2 aliphatic rings. The summed E-state index contributed by atoms with van der Waals surface area (Å²) in [6.07, 6.45) is 10.8. The smallest absolute Gasteiger partial charge is 0.293 e. The summed E-state index contributed by atoms with van der Waals surface area (Å²) < 4.78 is 36.5. The zero-order chi connectivity index (χ0) is 26.2. The average Bonchev–Trinajstić information content (AvgIpc) is 3.40. The van der Waals surface area contributed by atoms with E-state index in [9.17, 15) is 4.79 Å². The molecule has 1 aliphatic carbocycles. The topological polar surface area (TPSA) is 81.7 Å².